The lowest BCUT2D eigenvalue weighted by atomic mass is 10.1. The quantitative estimate of drug-likeness (QED) is 0.849. The molecule has 1 aromatic carbocycles. The van der Waals surface area contributed by atoms with Crippen molar-refractivity contribution in [3.8, 4) is 0 Å². The molecule has 0 radical (unpaired) electrons. The van der Waals surface area contributed by atoms with Gasteiger partial charge in [-0.3, -0.25) is 14.6 Å². The van der Waals surface area contributed by atoms with Crippen molar-refractivity contribution in [2.24, 2.45) is 0 Å². The largest absolute Gasteiger partial charge is 0.332 e. The van der Waals surface area contributed by atoms with Crippen LogP contribution in [0.2, 0.25) is 0 Å². The summed E-state index contributed by atoms with van der Waals surface area (Å²) in [7, 11) is 1.67. The molecule has 0 spiro atoms. The molecule has 0 bridgehead atoms. The van der Waals surface area contributed by atoms with Crippen LogP contribution in [0, 0.1) is 0 Å². The third kappa shape index (κ3) is 2.32. The Morgan fingerprint density at radius 3 is 2.50 bits per heavy atom. The molecular weight excluding hydrogens is 278 g/mol. The zero-order chi connectivity index (χ0) is 15.9. The van der Waals surface area contributed by atoms with Crippen molar-refractivity contribution in [1.29, 1.82) is 0 Å². The molecule has 1 aromatic heterocycles. The Morgan fingerprint density at radius 2 is 1.73 bits per heavy atom. The smallest absolute Gasteiger partial charge is 0.246 e. The number of hydrogen-bond donors (Lipinski definition) is 0. The summed E-state index contributed by atoms with van der Waals surface area (Å²) in [5.74, 6) is -0.0718. The Kier molecular flexibility index (Phi) is 3.56. The summed E-state index contributed by atoms with van der Waals surface area (Å²) >= 11 is 0. The number of rotatable bonds is 2. The van der Waals surface area contributed by atoms with Crippen molar-refractivity contribution < 1.29 is 9.59 Å². The van der Waals surface area contributed by atoms with Crippen LogP contribution in [0.4, 0.5) is 0 Å². The van der Waals surface area contributed by atoms with Gasteiger partial charge in [-0.05, 0) is 26.0 Å². The number of likely N-dealkylation sites (N-methyl/N-ethyl adjacent to an activating group) is 1. The molecule has 1 aliphatic heterocycles. The van der Waals surface area contributed by atoms with Gasteiger partial charge in [0.1, 0.15) is 12.1 Å². The van der Waals surface area contributed by atoms with Crippen molar-refractivity contribution >= 4 is 22.7 Å². The van der Waals surface area contributed by atoms with Crippen molar-refractivity contribution in [3.05, 3.63) is 42.1 Å². The topological polar surface area (TPSA) is 53.5 Å². The van der Waals surface area contributed by atoms with Gasteiger partial charge in [0.2, 0.25) is 11.8 Å². The molecule has 2 amide bonds. The lowest BCUT2D eigenvalue weighted by Gasteiger charge is -2.40. The van der Waals surface area contributed by atoms with Crippen LogP contribution in [-0.2, 0) is 16.1 Å². The molecule has 0 N–H and O–H groups in total. The fraction of sp³-hybridized carbons (Fsp3) is 0.353. The molecule has 1 saturated heterocycles. The molecule has 2 atom stereocenters. The van der Waals surface area contributed by atoms with Gasteiger partial charge in [0.15, 0.2) is 0 Å². The van der Waals surface area contributed by atoms with Crippen LogP contribution >= 0.6 is 0 Å². The van der Waals surface area contributed by atoms with Gasteiger partial charge in [-0.25, -0.2) is 0 Å². The van der Waals surface area contributed by atoms with Crippen molar-refractivity contribution in [2.75, 3.05) is 7.05 Å². The number of hydrogen-bond acceptors (Lipinski definition) is 3. The molecule has 0 saturated carbocycles. The van der Waals surface area contributed by atoms with Gasteiger partial charge in [0.05, 0.1) is 17.8 Å². The van der Waals surface area contributed by atoms with E-state index in [0.717, 1.165) is 16.6 Å². The second-order valence-electron chi connectivity index (χ2n) is 5.76. The molecule has 114 valence electrons. The standard InChI is InChI=1S/C17H19N3O2/c1-11-17(22)20(12(2)16(21)19(11)3)10-14-9-8-13-6-4-5-7-15(13)18-14/h4-9,11-12H,10H2,1-3H3/t11-,12-/m0/s1. The first-order chi connectivity index (χ1) is 10.5. The molecule has 2 heterocycles. The molecular formula is C17H19N3O2. The predicted octanol–water partition coefficient (Wildman–Crippen LogP) is 1.81. The molecule has 0 aliphatic carbocycles. The van der Waals surface area contributed by atoms with Gasteiger partial charge in [0.25, 0.3) is 0 Å². The van der Waals surface area contributed by atoms with Crippen LogP contribution in [-0.4, -0.2) is 45.7 Å². The minimum Gasteiger partial charge on any atom is -0.332 e. The zero-order valence-corrected chi connectivity index (χ0v) is 13.0. The molecule has 0 unspecified atom stereocenters. The summed E-state index contributed by atoms with van der Waals surface area (Å²) in [5.41, 5.74) is 1.69. The highest BCUT2D eigenvalue weighted by molar-refractivity contribution is 5.96. The Morgan fingerprint density at radius 1 is 1.00 bits per heavy atom. The first kappa shape index (κ1) is 14.5. The van der Waals surface area contributed by atoms with Gasteiger partial charge in [-0.1, -0.05) is 24.3 Å². The lowest BCUT2D eigenvalue weighted by Crippen LogP contribution is -2.61. The second kappa shape index (κ2) is 5.40. The van der Waals surface area contributed by atoms with Crippen molar-refractivity contribution in [2.45, 2.75) is 32.5 Å². The normalized spacial score (nSPS) is 22.5. The number of aromatic nitrogens is 1. The molecule has 1 fully saturated rings. The summed E-state index contributed by atoms with van der Waals surface area (Å²) < 4.78 is 0. The fourth-order valence-electron chi connectivity index (χ4n) is 2.80. The van der Waals surface area contributed by atoms with Crippen molar-refractivity contribution in [3.63, 3.8) is 0 Å². The third-order valence-electron chi connectivity index (χ3n) is 4.38. The summed E-state index contributed by atoms with van der Waals surface area (Å²) in [6, 6.07) is 10.9. The highest BCUT2D eigenvalue weighted by Gasteiger charge is 2.39. The molecule has 5 nitrogen and oxygen atoms in total. The van der Waals surface area contributed by atoms with E-state index < -0.39 is 12.1 Å². The maximum absolute atomic E-state index is 12.5. The van der Waals surface area contributed by atoms with Gasteiger partial charge < -0.3 is 9.80 Å². The Labute approximate surface area is 129 Å². The number of carbonyl (C=O) groups excluding carboxylic acids is 2. The monoisotopic (exact) mass is 297 g/mol. The van der Waals surface area contributed by atoms with E-state index in [0.29, 0.717) is 6.54 Å². The Balaban J connectivity index is 1.89. The highest BCUT2D eigenvalue weighted by Crippen LogP contribution is 2.20. The Bertz CT molecular complexity index is 744. The number of piperazine rings is 1. The molecule has 22 heavy (non-hydrogen) atoms. The maximum atomic E-state index is 12.5. The maximum Gasteiger partial charge on any atom is 0.246 e. The third-order valence-corrected chi connectivity index (χ3v) is 4.38. The fourth-order valence-corrected chi connectivity index (χ4v) is 2.80. The van der Waals surface area contributed by atoms with Crippen LogP contribution in [0.5, 0.6) is 0 Å². The number of pyridine rings is 1. The number of para-hydroxylation sites is 1. The number of fused-ring (bicyclic) bond motifs is 1. The number of amides is 2. The van der Waals surface area contributed by atoms with Crippen LogP contribution < -0.4 is 0 Å². The minimum atomic E-state index is -0.457. The zero-order valence-electron chi connectivity index (χ0n) is 13.0. The highest BCUT2D eigenvalue weighted by atomic mass is 16.2. The van der Waals surface area contributed by atoms with E-state index >= 15 is 0 Å². The van der Waals surface area contributed by atoms with Gasteiger partial charge >= 0.3 is 0 Å². The van der Waals surface area contributed by atoms with E-state index in [1.54, 1.807) is 25.8 Å². The minimum absolute atomic E-state index is 0.0344. The average Bonchev–Trinajstić information content (AvgIpc) is 2.55. The van der Waals surface area contributed by atoms with Gasteiger partial charge in [0, 0.05) is 12.4 Å². The van der Waals surface area contributed by atoms with E-state index in [9.17, 15) is 9.59 Å². The van der Waals surface area contributed by atoms with E-state index in [1.807, 2.05) is 36.4 Å². The van der Waals surface area contributed by atoms with E-state index in [2.05, 4.69) is 4.98 Å². The summed E-state index contributed by atoms with van der Waals surface area (Å²) in [4.78, 5) is 32.4. The first-order valence-electron chi connectivity index (χ1n) is 7.41. The summed E-state index contributed by atoms with van der Waals surface area (Å²) in [6.45, 7) is 3.88. The SMILES string of the molecule is C[C@H]1C(=O)N(Cc2ccc3ccccc3n2)[C@@H](C)C(=O)N1C. The summed E-state index contributed by atoms with van der Waals surface area (Å²) in [5, 5.41) is 1.06. The number of benzene rings is 1. The van der Waals surface area contributed by atoms with Gasteiger partial charge in [-0.2, -0.15) is 0 Å². The average molecular weight is 297 g/mol. The van der Waals surface area contributed by atoms with Crippen molar-refractivity contribution in [1.82, 2.24) is 14.8 Å². The molecule has 1 aliphatic rings. The van der Waals surface area contributed by atoms with Crippen LogP contribution in [0.1, 0.15) is 19.5 Å². The molecule has 3 rings (SSSR count). The predicted molar refractivity (Wildman–Crippen MR) is 84.0 cm³/mol. The Hall–Kier alpha value is -2.43. The lowest BCUT2D eigenvalue weighted by molar-refractivity contribution is -0.159. The molecule has 5 heteroatoms. The molecule has 2 aromatic rings. The second-order valence-corrected chi connectivity index (χ2v) is 5.76. The van der Waals surface area contributed by atoms with Gasteiger partial charge in [-0.15, -0.1) is 0 Å². The van der Waals surface area contributed by atoms with Crippen LogP contribution in [0.25, 0.3) is 10.9 Å². The van der Waals surface area contributed by atoms with E-state index in [1.165, 1.54) is 4.90 Å². The summed E-state index contributed by atoms with van der Waals surface area (Å²) in [6.07, 6.45) is 0. The van der Waals surface area contributed by atoms with Crippen LogP contribution in [0.3, 0.4) is 0 Å². The first-order valence-corrected chi connectivity index (χ1v) is 7.41. The van der Waals surface area contributed by atoms with Crippen LogP contribution in [0.15, 0.2) is 36.4 Å². The number of carbonyl (C=O) groups is 2. The number of nitrogens with zero attached hydrogens (tertiary/aromatic N) is 3. The van der Waals surface area contributed by atoms with E-state index in [-0.39, 0.29) is 11.8 Å². The van der Waals surface area contributed by atoms with E-state index in [4.69, 9.17) is 0 Å².